The van der Waals surface area contributed by atoms with Crippen molar-refractivity contribution in [2.75, 3.05) is 18.6 Å². The Morgan fingerprint density at radius 2 is 1.68 bits per heavy atom. The number of thioether (sulfide) groups is 1. The first-order valence-corrected chi connectivity index (χ1v) is 10.6. The first kappa shape index (κ1) is 26.0. The van der Waals surface area contributed by atoms with Gasteiger partial charge in [-0.05, 0) is 43.6 Å². The minimum Gasteiger partial charge on any atom is -0.480 e. The van der Waals surface area contributed by atoms with Crippen molar-refractivity contribution >= 4 is 35.5 Å². The molecule has 2 amide bonds. The van der Waals surface area contributed by atoms with E-state index in [-0.39, 0.29) is 24.8 Å². The summed E-state index contributed by atoms with van der Waals surface area (Å²) < 4.78 is 0. The zero-order valence-electron chi connectivity index (χ0n) is 16.8. The molecule has 0 aromatic carbocycles. The number of rotatable bonds is 14. The Morgan fingerprint density at radius 3 is 2.18 bits per heavy atom. The molecule has 162 valence electrons. The normalized spacial score (nSPS) is 14.0. The molecule has 3 unspecified atom stereocenters. The average molecular weight is 419 g/mol. The number of nitrogens with two attached hydrogens (primary N) is 3. The third kappa shape index (κ3) is 11.7. The van der Waals surface area contributed by atoms with E-state index in [1.165, 1.54) is 0 Å². The molecule has 0 spiro atoms. The number of hydrogen-bond acceptors (Lipinski definition) is 6. The maximum atomic E-state index is 12.6. The van der Waals surface area contributed by atoms with Crippen LogP contribution >= 0.6 is 11.8 Å². The lowest BCUT2D eigenvalue weighted by Crippen LogP contribution is -2.54. The highest BCUT2D eigenvalue weighted by atomic mass is 32.2. The maximum Gasteiger partial charge on any atom is 0.326 e. The van der Waals surface area contributed by atoms with Crippen LogP contribution in [0.5, 0.6) is 0 Å². The molecule has 0 fully saturated rings. The molecule has 10 nitrogen and oxygen atoms in total. The van der Waals surface area contributed by atoms with Crippen molar-refractivity contribution in [1.82, 2.24) is 10.6 Å². The Balaban J connectivity index is 4.93. The number of hydrogen-bond donors (Lipinski definition) is 6. The number of carbonyl (C=O) groups excluding carboxylic acids is 2. The second-order valence-corrected chi connectivity index (χ2v) is 7.91. The molecule has 9 N–H and O–H groups in total. The van der Waals surface area contributed by atoms with E-state index in [9.17, 15) is 19.5 Å². The predicted octanol–water partition coefficient (Wildman–Crippen LogP) is -0.779. The summed E-state index contributed by atoms with van der Waals surface area (Å²) in [6.07, 6.45) is 3.32. The van der Waals surface area contributed by atoms with Gasteiger partial charge in [-0.15, -0.1) is 0 Å². The third-order valence-electron chi connectivity index (χ3n) is 3.87. The Bertz CT molecular complexity index is 540. The van der Waals surface area contributed by atoms with Gasteiger partial charge in [-0.3, -0.25) is 14.6 Å². The number of nitrogens with one attached hydrogen (secondary N) is 2. The molecule has 0 saturated heterocycles. The minimum atomic E-state index is -1.16. The number of nitrogens with zero attached hydrogens (tertiary/aromatic N) is 1. The van der Waals surface area contributed by atoms with Gasteiger partial charge < -0.3 is 32.9 Å². The smallest absolute Gasteiger partial charge is 0.326 e. The van der Waals surface area contributed by atoms with Crippen LogP contribution in [-0.4, -0.2) is 65.5 Å². The summed E-state index contributed by atoms with van der Waals surface area (Å²) in [6.45, 7) is 4.08. The lowest BCUT2D eigenvalue weighted by atomic mass is 10.0. The minimum absolute atomic E-state index is 0.0755. The monoisotopic (exact) mass is 418 g/mol. The van der Waals surface area contributed by atoms with Crippen molar-refractivity contribution < 1.29 is 19.5 Å². The first-order chi connectivity index (χ1) is 13.1. The summed E-state index contributed by atoms with van der Waals surface area (Å²) in [5.41, 5.74) is 16.3. The van der Waals surface area contributed by atoms with Crippen molar-refractivity contribution in [3.63, 3.8) is 0 Å². The van der Waals surface area contributed by atoms with Crippen molar-refractivity contribution in [3.05, 3.63) is 0 Å². The van der Waals surface area contributed by atoms with Crippen LogP contribution in [0, 0.1) is 5.92 Å². The summed E-state index contributed by atoms with van der Waals surface area (Å²) in [5.74, 6) is -1.36. The van der Waals surface area contributed by atoms with Crippen molar-refractivity contribution in [2.45, 2.75) is 57.7 Å². The third-order valence-corrected chi connectivity index (χ3v) is 4.51. The van der Waals surface area contributed by atoms with Crippen LogP contribution in [0.4, 0.5) is 0 Å². The fraction of sp³-hybridized carbons (Fsp3) is 0.765. The number of amides is 2. The lowest BCUT2D eigenvalue weighted by molar-refractivity contribution is -0.142. The van der Waals surface area contributed by atoms with Gasteiger partial charge in [-0.25, -0.2) is 4.79 Å². The summed E-state index contributed by atoms with van der Waals surface area (Å²) in [6, 6.07) is -2.67. The van der Waals surface area contributed by atoms with E-state index in [0.29, 0.717) is 19.3 Å². The SMILES string of the molecule is CSCCC(N)C(=O)NC(CC(C)C)C(=O)NC(CCCN=C(N)N)C(=O)O. The van der Waals surface area contributed by atoms with Gasteiger partial charge in [0.2, 0.25) is 11.8 Å². The number of guanidine groups is 1. The van der Waals surface area contributed by atoms with Crippen LogP contribution in [-0.2, 0) is 14.4 Å². The molecule has 3 atom stereocenters. The Labute approximate surface area is 170 Å². The quantitative estimate of drug-likeness (QED) is 0.120. The fourth-order valence-corrected chi connectivity index (χ4v) is 2.88. The zero-order chi connectivity index (χ0) is 21.7. The van der Waals surface area contributed by atoms with Crippen LogP contribution in [0.3, 0.4) is 0 Å². The number of carboxylic acid groups (broad SMARTS) is 1. The van der Waals surface area contributed by atoms with Crippen LogP contribution in [0.2, 0.25) is 0 Å². The summed E-state index contributed by atoms with van der Waals surface area (Å²) in [4.78, 5) is 40.1. The van der Waals surface area contributed by atoms with Crippen LogP contribution in [0.25, 0.3) is 0 Å². The number of carbonyl (C=O) groups is 3. The highest BCUT2D eigenvalue weighted by molar-refractivity contribution is 7.98. The molecule has 11 heteroatoms. The molecular formula is C17H34N6O4S. The van der Waals surface area contributed by atoms with Crippen LogP contribution < -0.4 is 27.8 Å². The standard InChI is InChI=1S/C17H34N6O4S/c1-10(2)9-13(23-14(24)11(18)6-8-28-3)15(25)22-12(16(26)27)5-4-7-21-17(19)20/h10-13H,4-9,18H2,1-3H3,(H,22,25)(H,23,24)(H,26,27)(H4,19,20,21). The van der Waals surface area contributed by atoms with Gasteiger partial charge in [-0.2, -0.15) is 11.8 Å². The van der Waals surface area contributed by atoms with Gasteiger partial charge in [0.15, 0.2) is 5.96 Å². The maximum absolute atomic E-state index is 12.6. The molecule has 0 heterocycles. The van der Waals surface area contributed by atoms with Gasteiger partial charge >= 0.3 is 5.97 Å². The Kier molecular flexibility index (Phi) is 13.0. The Hall–Kier alpha value is -2.01. The zero-order valence-corrected chi connectivity index (χ0v) is 17.6. The van der Waals surface area contributed by atoms with Crippen LogP contribution in [0.15, 0.2) is 4.99 Å². The lowest BCUT2D eigenvalue weighted by Gasteiger charge is -2.24. The molecule has 0 aliphatic heterocycles. The van der Waals surface area contributed by atoms with E-state index in [2.05, 4.69) is 15.6 Å². The Morgan fingerprint density at radius 1 is 1.07 bits per heavy atom. The largest absolute Gasteiger partial charge is 0.480 e. The van der Waals surface area contributed by atoms with E-state index in [1.54, 1.807) is 11.8 Å². The van der Waals surface area contributed by atoms with Crippen molar-refractivity contribution in [2.24, 2.45) is 28.1 Å². The van der Waals surface area contributed by atoms with Gasteiger partial charge in [0.1, 0.15) is 12.1 Å². The summed E-state index contributed by atoms with van der Waals surface area (Å²) in [5, 5.41) is 14.5. The van der Waals surface area contributed by atoms with Gasteiger partial charge in [0, 0.05) is 6.54 Å². The summed E-state index contributed by atoms with van der Waals surface area (Å²) >= 11 is 1.58. The molecule has 0 saturated carbocycles. The van der Waals surface area contributed by atoms with Gasteiger partial charge in [0.25, 0.3) is 0 Å². The molecule has 0 aliphatic rings. The van der Waals surface area contributed by atoms with E-state index in [1.807, 2.05) is 20.1 Å². The van der Waals surface area contributed by atoms with Crippen molar-refractivity contribution in [1.29, 1.82) is 0 Å². The highest BCUT2D eigenvalue weighted by Gasteiger charge is 2.28. The second-order valence-electron chi connectivity index (χ2n) is 6.93. The molecule has 0 bridgehead atoms. The molecule has 0 radical (unpaired) electrons. The number of carboxylic acids is 1. The fourth-order valence-electron chi connectivity index (χ4n) is 2.39. The van der Waals surface area contributed by atoms with Gasteiger partial charge in [-0.1, -0.05) is 13.8 Å². The topological polar surface area (TPSA) is 186 Å². The van der Waals surface area contributed by atoms with E-state index in [0.717, 1.165) is 5.75 Å². The molecule has 0 rings (SSSR count). The summed E-state index contributed by atoms with van der Waals surface area (Å²) in [7, 11) is 0. The average Bonchev–Trinajstić information content (AvgIpc) is 2.60. The predicted molar refractivity (Wildman–Crippen MR) is 112 cm³/mol. The number of aliphatic imine (C=N–C) groups is 1. The van der Waals surface area contributed by atoms with Crippen LogP contribution in [0.1, 0.15) is 39.5 Å². The number of aliphatic carboxylic acids is 1. The van der Waals surface area contributed by atoms with E-state index < -0.39 is 35.9 Å². The molecule has 0 aromatic heterocycles. The molecule has 0 aliphatic carbocycles. The highest BCUT2D eigenvalue weighted by Crippen LogP contribution is 2.08. The first-order valence-electron chi connectivity index (χ1n) is 9.21. The van der Waals surface area contributed by atoms with Gasteiger partial charge in [0.05, 0.1) is 6.04 Å². The molecule has 0 aromatic rings. The molecular weight excluding hydrogens is 384 g/mol. The second kappa shape index (κ2) is 14.1. The molecule has 28 heavy (non-hydrogen) atoms. The van der Waals surface area contributed by atoms with E-state index >= 15 is 0 Å². The van der Waals surface area contributed by atoms with Crippen molar-refractivity contribution in [3.8, 4) is 0 Å². The van der Waals surface area contributed by atoms with E-state index in [4.69, 9.17) is 17.2 Å².